The monoisotopic (exact) mass is 371 g/mol. The van der Waals surface area contributed by atoms with Crippen molar-refractivity contribution >= 4 is 29.9 Å². The van der Waals surface area contributed by atoms with E-state index in [2.05, 4.69) is 53.4 Å². The molecule has 3 nitrogen and oxygen atoms in total. The number of aliphatic imine (C=N–C) groups is 1. The zero-order valence-electron chi connectivity index (χ0n) is 11.6. The summed E-state index contributed by atoms with van der Waals surface area (Å²) in [7, 11) is 2.10. The molecule has 1 aromatic carbocycles. The predicted molar refractivity (Wildman–Crippen MR) is 90.3 cm³/mol. The van der Waals surface area contributed by atoms with Gasteiger partial charge in [0.05, 0.1) is 6.54 Å². The highest BCUT2D eigenvalue weighted by Gasteiger charge is 2.33. The fourth-order valence-electron chi connectivity index (χ4n) is 3.03. The summed E-state index contributed by atoms with van der Waals surface area (Å²) in [5.41, 5.74) is 3.36. The van der Waals surface area contributed by atoms with Crippen molar-refractivity contribution in [3.63, 3.8) is 0 Å². The summed E-state index contributed by atoms with van der Waals surface area (Å²) in [4.78, 5) is 6.69. The molecule has 1 aliphatic carbocycles. The first-order chi connectivity index (χ1) is 8.66. The predicted octanol–water partition coefficient (Wildman–Crippen LogP) is 2.30. The molecular weight excluding hydrogens is 349 g/mol. The number of guanidine groups is 1. The van der Waals surface area contributed by atoms with Crippen molar-refractivity contribution < 1.29 is 0 Å². The highest BCUT2D eigenvalue weighted by molar-refractivity contribution is 14.0. The van der Waals surface area contributed by atoms with Crippen LogP contribution in [0, 0.1) is 5.41 Å². The molecule has 4 heteroatoms. The molecule has 3 rings (SSSR count). The van der Waals surface area contributed by atoms with Crippen molar-refractivity contribution in [2.45, 2.75) is 19.8 Å². The zero-order valence-corrected chi connectivity index (χ0v) is 14.0. The lowest BCUT2D eigenvalue weighted by Crippen LogP contribution is -2.41. The first-order valence-corrected chi connectivity index (χ1v) is 6.73. The Bertz CT molecular complexity index is 459. The molecule has 1 heterocycles. The molecule has 0 unspecified atom stereocenters. The van der Waals surface area contributed by atoms with Crippen LogP contribution in [0.2, 0.25) is 0 Å². The van der Waals surface area contributed by atoms with E-state index >= 15 is 0 Å². The minimum atomic E-state index is 0. The van der Waals surface area contributed by atoms with E-state index < -0.39 is 0 Å². The second-order valence-electron chi connectivity index (χ2n) is 5.91. The smallest absolute Gasteiger partial charge is 0.193 e. The van der Waals surface area contributed by atoms with Crippen LogP contribution in [0.25, 0.3) is 0 Å². The third kappa shape index (κ3) is 3.04. The lowest BCUT2D eigenvalue weighted by molar-refractivity contribution is 0.338. The molecule has 0 saturated heterocycles. The minimum absolute atomic E-state index is 0. The van der Waals surface area contributed by atoms with Gasteiger partial charge in [0, 0.05) is 20.1 Å². The van der Waals surface area contributed by atoms with Crippen LogP contribution in [0.15, 0.2) is 29.3 Å². The molecule has 0 radical (unpaired) electrons. The van der Waals surface area contributed by atoms with E-state index in [4.69, 9.17) is 0 Å². The number of benzene rings is 1. The van der Waals surface area contributed by atoms with E-state index in [1.165, 1.54) is 24.0 Å². The Kier molecular flexibility index (Phi) is 4.38. The van der Waals surface area contributed by atoms with Gasteiger partial charge in [0.2, 0.25) is 0 Å². The van der Waals surface area contributed by atoms with Gasteiger partial charge in [-0.2, -0.15) is 0 Å². The van der Waals surface area contributed by atoms with Crippen molar-refractivity contribution in [2.24, 2.45) is 10.4 Å². The molecule has 104 valence electrons. The third-order valence-corrected chi connectivity index (χ3v) is 4.08. The van der Waals surface area contributed by atoms with Gasteiger partial charge in [-0.25, -0.2) is 0 Å². The van der Waals surface area contributed by atoms with Gasteiger partial charge < -0.3 is 10.2 Å². The molecule has 19 heavy (non-hydrogen) atoms. The van der Waals surface area contributed by atoms with Crippen molar-refractivity contribution in [1.29, 1.82) is 0 Å². The first kappa shape index (κ1) is 14.6. The van der Waals surface area contributed by atoms with Crippen molar-refractivity contribution in [3.05, 3.63) is 35.4 Å². The van der Waals surface area contributed by atoms with Gasteiger partial charge in [0.1, 0.15) is 0 Å². The number of hydrogen-bond acceptors (Lipinski definition) is 3. The summed E-state index contributed by atoms with van der Waals surface area (Å²) in [6.45, 7) is 5.34. The Balaban J connectivity index is 0.00000133. The van der Waals surface area contributed by atoms with E-state index in [0.29, 0.717) is 5.41 Å². The Morgan fingerprint density at radius 1 is 1.26 bits per heavy atom. The van der Waals surface area contributed by atoms with E-state index in [1.54, 1.807) is 0 Å². The summed E-state index contributed by atoms with van der Waals surface area (Å²) >= 11 is 0. The van der Waals surface area contributed by atoms with Gasteiger partial charge >= 0.3 is 0 Å². The largest absolute Gasteiger partial charge is 0.356 e. The van der Waals surface area contributed by atoms with E-state index in [0.717, 1.165) is 25.6 Å². The average molecular weight is 371 g/mol. The number of likely N-dealkylation sites (N-methyl/N-ethyl adjacent to an activating group) is 1. The maximum atomic E-state index is 4.49. The third-order valence-electron chi connectivity index (χ3n) is 4.08. The molecule has 2 aliphatic rings. The second-order valence-corrected chi connectivity index (χ2v) is 5.91. The van der Waals surface area contributed by atoms with Gasteiger partial charge in [0.15, 0.2) is 5.96 Å². The van der Waals surface area contributed by atoms with E-state index in [9.17, 15) is 0 Å². The van der Waals surface area contributed by atoms with E-state index in [1.807, 2.05) is 0 Å². The van der Waals surface area contributed by atoms with E-state index in [-0.39, 0.29) is 24.0 Å². The van der Waals surface area contributed by atoms with Crippen LogP contribution in [-0.2, 0) is 12.8 Å². The molecule has 0 aromatic heterocycles. The molecule has 0 fully saturated rings. The Hall–Kier alpha value is -0.780. The number of nitrogens with zero attached hydrogens (tertiary/aromatic N) is 2. The van der Waals surface area contributed by atoms with Gasteiger partial charge in [-0.3, -0.25) is 4.99 Å². The maximum absolute atomic E-state index is 4.49. The summed E-state index contributed by atoms with van der Waals surface area (Å²) in [6, 6.07) is 8.82. The van der Waals surface area contributed by atoms with Crippen LogP contribution in [-0.4, -0.2) is 37.5 Å². The van der Waals surface area contributed by atoms with Crippen LogP contribution in [0.4, 0.5) is 0 Å². The molecule has 0 atom stereocenters. The molecule has 1 N–H and O–H groups in total. The standard InChI is InChI=1S/C15H21N3.HI/c1-15(11-17-14-16-7-8-18(14)2)9-12-5-3-4-6-13(12)10-15;/h3-6H,7-11H2,1-2H3,(H,16,17);1H. The SMILES string of the molecule is CN1CCN=C1NCC1(C)Cc2ccccc2C1.I. The van der Waals surface area contributed by atoms with Crippen LogP contribution in [0.3, 0.4) is 0 Å². The normalized spacial score (nSPS) is 19.7. The molecule has 0 spiro atoms. The minimum Gasteiger partial charge on any atom is -0.356 e. The first-order valence-electron chi connectivity index (χ1n) is 6.73. The van der Waals surface area contributed by atoms with Gasteiger partial charge in [-0.15, -0.1) is 24.0 Å². The number of rotatable bonds is 2. The Labute approximate surface area is 132 Å². The number of halogens is 1. The Morgan fingerprint density at radius 3 is 2.42 bits per heavy atom. The van der Waals surface area contributed by atoms with Gasteiger partial charge in [-0.05, 0) is 29.4 Å². The lowest BCUT2D eigenvalue weighted by Gasteiger charge is -2.26. The molecular formula is C15H22IN3. The van der Waals surface area contributed by atoms with Crippen LogP contribution >= 0.6 is 24.0 Å². The maximum Gasteiger partial charge on any atom is 0.193 e. The van der Waals surface area contributed by atoms with Crippen molar-refractivity contribution in [3.8, 4) is 0 Å². The van der Waals surface area contributed by atoms with Crippen molar-refractivity contribution in [2.75, 3.05) is 26.7 Å². The van der Waals surface area contributed by atoms with Gasteiger partial charge in [-0.1, -0.05) is 31.2 Å². The fraction of sp³-hybridized carbons (Fsp3) is 0.533. The van der Waals surface area contributed by atoms with Crippen LogP contribution in [0.1, 0.15) is 18.1 Å². The lowest BCUT2D eigenvalue weighted by atomic mass is 9.87. The van der Waals surface area contributed by atoms with Gasteiger partial charge in [0.25, 0.3) is 0 Å². The quantitative estimate of drug-likeness (QED) is 0.808. The van der Waals surface area contributed by atoms with Crippen LogP contribution < -0.4 is 5.32 Å². The summed E-state index contributed by atoms with van der Waals surface area (Å²) in [6.07, 6.45) is 2.35. The molecule has 0 amide bonds. The highest BCUT2D eigenvalue weighted by atomic mass is 127. The summed E-state index contributed by atoms with van der Waals surface area (Å²) in [5.74, 6) is 1.06. The summed E-state index contributed by atoms with van der Waals surface area (Å²) < 4.78 is 0. The van der Waals surface area contributed by atoms with Crippen molar-refractivity contribution in [1.82, 2.24) is 10.2 Å². The number of nitrogens with one attached hydrogen (secondary N) is 1. The molecule has 0 saturated carbocycles. The van der Waals surface area contributed by atoms with Crippen LogP contribution in [0.5, 0.6) is 0 Å². The topological polar surface area (TPSA) is 27.6 Å². The second kappa shape index (κ2) is 5.69. The summed E-state index contributed by atoms with van der Waals surface area (Å²) in [5, 5.41) is 3.52. The fourth-order valence-corrected chi connectivity index (χ4v) is 3.03. The Morgan fingerprint density at radius 2 is 1.89 bits per heavy atom. The molecule has 1 aromatic rings. The number of fused-ring (bicyclic) bond motifs is 1. The highest BCUT2D eigenvalue weighted by Crippen LogP contribution is 2.35. The molecule has 0 bridgehead atoms. The average Bonchev–Trinajstić information content (AvgIpc) is 2.89. The zero-order chi connectivity index (χ0) is 12.6. The molecule has 1 aliphatic heterocycles. The number of hydrogen-bond donors (Lipinski definition) is 1.